The van der Waals surface area contributed by atoms with E-state index in [0.29, 0.717) is 19.0 Å². The molecule has 2 fully saturated rings. The summed E-state index contributed by atoms with van der Waals surface area (Å²) in [6.45, 7) is 4.02. The van der Waals surface area contributed by atoms with Crippen molar-refractivity contribution >= 4 is 0 Å². The van der Waals surface area contributed by atoms with E-state index in [9.17, 15) is 5.11 Å². The fraction of sp³-hybridized carbons (Fsp3) is 0.714. The first-order valence-electron chi connectivity index (χ1n) is 6.87. The van der Waals surface area contributed by atoms with E-state index < -0.39 is 6.10 Å². The monoisotopic (exact) mass is 264 g/mol. The van der Waals surface area contributed by atoms with Gasteiger partial charge in [0.25, 0.3) is 0 Å². The molecule has 3 atom stereocenters. The van der Waals surface area contributed by atoms with Gasteiger partial charge in [0.2, 0.25) is 0 Å². The maximum atomic E-state index is 10.5. The maximum absolute atomic E-state index is 10.5. The van der Waals surface area contributed by atoms with Crippen LogP contribution in [0.15, 0.2) is 12.4 Å². The molecule has 1 aromatic rings. The minimum absolute atomic E-state index is 0.151. The molecule has 2 aliphatic rings. The molecule has 2 saturated heterocycles. The lowest BCUT2D eigenvalue weighted by Crippen LogP contribution is -2.42. The first kappa shape index (κ1) is 13.0. The lowest BCUT2D eigenvalue weighted by atomic mass is 9.82. The summed E-state index contributed by atoms with van der Waals surface area (Å²) in [5.41, 5.74) is 0.817. The fourth-order valence-corrected chi connectivity index (χ4v) is 2.96. The Balaban J connectivity index is 1.72. The molecular formula is C14H20N2O3. The number of aromatic nitrogens is 2. The predicted molar refractivity (Wildman–Crippen MR) is 68.6 cm³/mol. The maximum Gasteiger partial charge on any atom is 0.157 e. The topological polar surface area (TPSA) is 64.5 Å². The van der Waals surface area contributed by atoms with Crippen LogP contribution in [0, 0.1) is 12.8 Å². The summed E-state index contributed by atoms with van der Waals surface area (Å²) in [6.07, 6.45) is 5.48. The molecule has 5 heteroatoms. The van der Waals surface area contributed by atoms with Crippen LogP contribution in [-0.4, -0.2) is 40.5 Å². The van der Waals surface area contributed by atoms with Crippen LogP contribution >= 0.6 is 0 Å². The van der Waals surface area contributed by atoms with E-state index >= 15 is 0 Å². The summed E-state index contributed by atoms with van der Waals surface area (Å²) < 4.78 is 11.3. The second-order valence-corrected chi connectivity index (χ2v) is 5.65. The zero-order valence-corrected chi connectivity index (χ0v) is 11.2. The van der Waals surface area contributed by atoms with E-state index in [1.165, 1.54) is 0 Å². The highest BCUT2D eigenvalue weighted by atomic mass is 16.6. The molecule has 5 nitrogen and oxygen atoms in total. The summed E-state index contributed by atoms with van der Waals surface area (Å²) in [5.74, 6) is 0.671. The molecule has 1 spiro atoms. The van der Waals surface area contributed by atoms with Gasteiger partial charge in [0.15, 0.2) is 5.82 Å². The molecule has 2 aliphatic heterocycles. The van der Waals surface area contributed by atoms with Gasteiger partial charge in [-0.25, -0.2) is 9.97 Å². The third-order valence-electron chi connectivity index (χ3n) is 4.11. The first-order chi connectivity index (χ1) is 9.19. The quantitative estimate of drug-likeness (QED) is 0.874. The molecule has 104 valence electrons. The minimum Gasteiger partial charge on any atom is -0.385 e. The van der Waals surface area contributed by atoms with Crippen LogP contribution < -0.4 is 0 Å². The molecule has 3 rings (SSSR count). The molecule has 1 aromatic heterocycles. The van der Waals surface area contributed by atoms with Crippen molar-refractivity contribution in [2.75, 3.05) is 19.8 Å². The standard InChI is InChI=1S/C14H20N2O3/c1-10-7-15-13(16-8-10)12(17)11-2-4-19-14(6-11)3-5-18-9-14/h7-8,11-12,17H,2-6,9H2,1H3. The summed E-state index contributed by atoms with van der Waals surface area (Å²) in [4.78, 5) is 8.47. The zero-order chi connectivity index (χ0) is 13.3. The Kier molecular flexibility index (Phi) is 3.52. The van der Waals surface area contributed by atoms with Gasteiger partial charge in [-0.05, 0) is 31.2 Å². The Bertz CT molecular complexity index is 429. The number of hydrogen-bond donors (Lipinski definition) is 1. The Hall–Kier alpha value is -1.04. The summed E-state index contributed by atoms with van der Waals surface area (Å²) >= 11 is 0. The third-order valence-corrected chi connectivity index (χ3v) is 4.11. The largest absolute Gasteiger partial charge is 0.385 e. The highest BCUT2D eigenvalue weighted by Crippen LogP contribution is 2.40. The summed E-state index contributed by atoms with van der Waals surface area (Å²) in [5, 5.41) is 10.5. The van der Waals surface area contributed by atoms with Crippen molar-refractivity contribution in [1.29, 1.82) is 0 Å². The molecule has 0 amide bonds. The molecule has 3 heterocycles. The molecule has 0 aliphatic carbocycles. The zero-order valence-electron chi connectivity index (χ0n) is 11.2. The molecule has 0 bridgehead atoms. The van der Waals surface area contributed by atoms with Crippen LogP contribution in [0.3, 0.4) is 0 Å². The van der Waals surface area contributed by atoms with Gasteiger partial charge < -0.3 is 14.6 Å². The van der Waals surface area contributed by atoms with Crippen LogP contribution in [-0.2, 0) is 9.47 Å². The van der Waals surface area contributed by atoms with Crippen molar-refractivity contribution in [3.8, 4) is 0 Å². The Labute approximate surface area is 113 Å². The molecule has 0 saturated carbocycles. The Morgan fingerprint density at radius 1 is 1.37 bits per heavy atom. The lowest BCUT2D eigenvalue weighted by Gasteiger charge is -2.38. The number of rotatable bonds is 2. The molecule has 3 unspecified atom stereocenters. The smallest absolute Gasteiger partial charge is 0.157 e. The molecule has 0 aromatic carbocycles. The van der Waals surface area contributed by atoms with Gasteiger partial charge in [-0.15, -0.1) is 0 Å². The molecule has 1 N–H and O–H groups in total. The minimum atomic E-state index is -0.609. The van der Waals surface area contributed by atoms with E-state index in [2.05, 4.69) is 9.97 Å². The van der Waals surface area contributed by atoms with Crippen molar-refractivity contribution in [3.05, 3.63) is 23.8 Å². The van der Waals surface area contributed by atoms with E-state index in [-0.39, 0.29) is 11.5 Å². The number of aliphatic hydroxyl groups is 1. The number of aryl methyl sites for hydroxylation is 1. The van der Waals surface area contributed by atoms with Gasteiger partial charge in [0, 0.05) is 32.0 Å². The molecular weight excluding hydrogens is 244 g/mol. The average molecular weight is 264 g/mol. The van der Waals surface area contributed by atoms with Crippen molar-refractivity contribution in [2.24, 2.45) is 5.92 Å². The van der Waals surface area contributed by atoms with Crippen molar-refractivity contribution in [1.82, 2.24) is 9.97 Å². The SMILES string of the molecule is Cc1cnc(C(O)C2CCOC3(CCOC3)C2)nc1. The van der Waals surface area contributed by atoms with Gasteiger partial charge >= 0.3 is 0 Å². The lowest BCUT2D eigenvalue weighted by molar-refractivity contribution is -0.118. The van der Waals surface area contributed by atoms with E-state index in [1.807, 2.05) is 6.92 Å². The number of hydrogen-bond acceptors (Lipinski definition) is 5. The normalized spacial score (nSPS) is 32.6. The van der Waals surface area contributed by atoms with E-state index in [4.69, 9.17) is 9.47 Å². The fourth-order valence-electron chi connectivity index (χ4n) is 2.96. The van der Waals surface area contributed by atoms with Crippen LogP contribution in [0.4, 0.5) is 0 Å². The second-order valence-electron chi connectivity index (χ2n) is 5.65. The van der Waals surface area contributed by atoms with Crippen molar-refractivity contribution < 1.29 is 14.6 Å². The highest BCUT2D eigenvalue weighted by molar-refractivity contribution is 5.05. The van der Waals surface area contributed by atoms with Crippen molar-refractivity contribution in [2.45, 2.75) is 37.9 Å². The number of aliphatic hydroxyl groups excluding tert-OH is 1. The number of nitrogens with zero attached hydrogens (tertiary/aromatic N) is 2. The summed E-state index contributed by atoms with van der Waals surface area (Å²) in [6, 6.07) is 0. The predicted octanol–water partition coefficient (Wildman–Crippen LogP) is 1.40. The summed E-state index contributed by atoms with van der Waals surface area (Å²) in [7, 11) is 0. The van der Waals surface area contributed by atoms with Crippen LogP contribution in [0.5, 0.6) is 0 Å². The first-order valence-corrected chi connectivity index (χ1v) is 6.87. The second kappa shape index (κ2) is 5.15. The van der Waals surface area contributed by atoms with Crippen LogP contribution in [0.1, 0.15) is 36.8 Å². The van der Waals surface area contributed by atoms with Gasteiger partial charge in [0.1, 0.15) is 6.10 Å². The molecule has 0 radical (unpaired) electrons. The van der Waals surface area contributed by atoms with Crippen molar-refractivity contribution in [3.63, 3.8) is 0 Å². The van der Waals surface area contributed by atoms with E-state index in [1.54, 1.807) is 12.4 Å². The average Bonchev–Trinajstić information content (AvgIpc) is 2.87. The Morgan fingerprint density at radius 3 is 2.84 bits per heavy atom. The van der Waals surface area contributed by atoms with Crippen LogP contribution in [0.2, 0.25) is 0 Å². The third kappa shape index (κ3) is 2.63. The number of ether oxygens (including phenoxy) is 2. The molecule has 19 heavy (non-hydrogen) atoms. The van der Waals surface area contributed by atoms with Gasteiger partial charge in [-0.3, -0.25) is 0 Å². The Morgan fingerprint density at radius 2 is 2.16 bits per heavy atom. The van der Waals surface area contributed by atoms with Crippen LogP contribution in [0.25, 0.3) is 0 Å². The van der Waals surface area contributed by atoms with E-state index in [0.717, 1.165) is 31.4 Å². The van der Waals surface area contributed by atoms with Gasteiger partial charge in [0.05, 0.1) is 12.2 Å². The van der Waals surface area contributed by atoms with Gasteiger partial charge in [-0.2, -0.15) is 0 Å². The van der Waals surface area contributed by atoms with Gasteiger partial charge in [-0.1, -0.05) is 0 Å². The highest BCUT2D eigenvalue weighted by Gasteiger charge is 2.43.